The van der Waals surface area contributed by atoms with E-state index in [9.17, 15) is 20.6 Å². The Bertz CT molecular complexity index is 995. The van der Waals surface area contributed by atoms with Gasteiger partial charge in [-0.15, -0.1) is 0 Å². The van der Waals surface area contributed by atoms with Crippen LogP contribution in [-0.2, 0) is 11.2 Å². The van der Waals surface area contributed by atoms with E-state index in [-0.39, 0.29) is 24.6 Å². The average Bonchev–Trinajstić information content (AvgIpc) is 2.78. The van der Waals surface area contributed by atoms with Gasteiger partial charge in [0.25, 0.3) is 0 Å². The third kappa shape index (κ3) is 5.60. The Kier molecular flexibility index (Phi) is 8.69. The topological polar surface area (TPSA) is 134 Å². The Morgan fingerprint density at radius 3 is 2.41 bits per heavy atom. The zero-order valence-corrected chi connectivity index (χ0v) is 19.8. The fourth-order valence-corrected chi connectivity index (χ4v) is 4.48. The lowest BCUT2D eigenvalue weighted by Gasteiger charge is -2.37. The highest BCUT2D eigenvalue weighted by atomic mass is 16.5. The maximum Gasteiger partial charge on any atom is 0.138 e. The van der Waals surface area contributed by atoms with Crippen molar-refractivity contribution in [1.29, 1.82) is 5.26 Å². The van der Waals surface area contributed by atoms with Crippen LogP contribution in [0.5, 0.6) is 5.75 Å². The molecule has 5 N–H and O–H groups in total. The number of nitrogens with zero attached hydrogens (tertiary/aromatic N) is 1. The largest absolute Gasteiger partial charge is 0.489 e. The summed E-state index contributed by atoms with van der Waals surface area (Å²) in [5, 5.41) is 40.6. The summed E-state index contributed by atoms with van der Waals surface area (Å²) in [7, 11) is 0. The molecular weight excluding hydrogens is 434 g/mol. The van der Waals surface area contributed by atoms with Gasteiger partial charge < -0.3 is 30.3 Å². The molecule has 1 saturated heterocycles. The Labute approximate surface area is 200 Å². The molecule has 184 valence electrons. The molecule has 1 saturated carbocycles. The van der Waals surface area contributed by atoms with Crippen LogP contribution in [0.15, 0.2) is 36.4 Å². The molecule has 2 fully saturated rings. The van der Waals surface area contributed by atoms with E-state index in [1.165, 1.54) is 5.56 Å². The van der Waals surface area contributed by atoms with Gasteiger partial charge in [0.05, 0.1) is 30.5 Å². The Morgan fingerprint density at radius 2 is 1.85 bits per heavy atom. The van der Waals surface area contributed by atoms with Crippen molar-refractivity contribution in [3.8, 4) is 11.8 Å². The van der Waals surface area contributed by atoms with Crippen LogP contribution >= 0.6 is 0 Å². The van der Waals surface area contributed by atoms with E-state index in [0.29, 0.717) is 29.2 Å². The molecule has 2 aromatic carbocycles. The van der Waals surface area contributed by atoms with Crippen molar-refractivity contribution < 1.29 is 30.3 Å². The second-order valence-electron chi connectivity index (χ2n) is 9.56. The highest BCUT2D eigenvalue weighted by Gasteiger charge is 2.38. The van der Waals surface area contributed by atoms with Gasteiger partial charge in [-0.3, -0.25) is 0 Å². The summed E-state index contributed by atoms with van der Waals surface area (Å²) in [5.74, 6) is 0.931. The minimum Gasteiger partial charge on any atom is -0.489 e. The quantitative estimate of drug-likeness (QED) is 0.571. The lowest BCUT2D eigenvalue weighted by Crippen LogP contribution is -2.44. The van der Waals surface area contributed by atoms with E-state index in [0.717, 1.165) is 30.4 Å². The normalized spacial score (nSPS) is 24.7. The van der Waals surface area contributed by atoms with Crippen LogP contribution in [0.25, 0.3) is 0 Å². The number of aliphatic hydroxyl groups is 3. The molecule has 7 nitrogen and oxygen atoms in total. The van der Waals surface area contributed by atoms with Crippen LogP contribution in [0.2, 0.25) is 0 Å². The van der Waals surface area contributed by atoms with E-state index >= 15 is 0 Å². The van der Waals surface area contributed by atoms with Crippen molar-refractivity contribution >= 4 is 0 Å². The van der Waals surface area contributed by atoms with Crippen LogP contribution in [0.3, 0.4) is 0 Å². The van der Waals surface area contributed by atoms with Crippen LogP contribution in [0.4, 0.5) is 0 Å². The van der Waals surface area contributed by atoms with Gasteiger partial charge in [0.15, 0.2) is 0 Å². The van der Waals surface area contributed by atoms with Gasteiger partial charge in [-0.2, -0.15) is 5.26 Å². The molecule has 7 heteroatoms. The molecule has 0 aromatic heterocycles. The number of hydrogen-bond donors (Lipinski definition) is 3. The number of nitriles is 1. The minimum absolute atomic E-state index is 0. The first-order chi connectivity index (χ1) is 15.9. The molecule has 0 spiro atoms. The Balaban J connectivity index is 0.00000324. The number of rotatable bonds is 7. The molecule has 2 aromatic rings. The Hall–Kier alpha value is -2.47. The van der Waals surface area contributed by atoms with Gasteiger partial charge in [-0.05, 0) is 59.9 Å². The molecule has 2 aliphatic rings. The summed E-state index contributed by atoms with van der Waals surface area (Å²) in [6.45, 7) is 4.07. The van der Waals surface area contributed by atoms with Crippen molar-refractivity contribution in [2.75, 3.05) is 6.61 Å². The summed E-state index contributed by atoms with van der Waals surface area (Å²) >= 11 is 0. The maximum atomic E-state index is 10.7. The van der Waals surface area contributed by atoms with Crippen molar-refractivity contribution in [2.45, 2.75) is 82.4 Å². The van der Waals surface area contributed by atoms with Crippen LogP contribution < -0.4 is 4.74 Å². The van der Waals surface area contributed by atoms with Gasteiger partial charge in [0.2, 0.25) is 0 Å². The lowest BCUT2D eigenvalue weighted by atomic mass is 9.89. The average molecular weight is 470 g/mol. The summed E-state index contributed by atoms with van der Waals surface area (Å²) in [6, 6.07) is 14.3. The van der Waals surface area contributed by atoms with Crippen molar-refractivity contribution in [1.82, 2.24) is 0 Å². The van der Waals surface area contributed by atoms with E-state index in [1.54, 1.807) is 6.07 Å². The highest BCUT2D eigenvalue weighted by Crippen LogP contribution is 2.38. The van der Waals surface area contributed by atoms with Crippen LogP contribution in [-0.4, -0.2) is 51.8 Å². The molecule has 0 unspecified atom stereocenters. The van der Waals surface area contributed by atoms with Gasteiger partial charge in [0, 0.05) is 6.42 Å². The van der Waals surface area contributed by atoms with Crippen molar-refractivity contribution in [3.63, 3.8) is 0 Å². The zero-order valence-electron chi connectivity index (χ0n) is 19.8. The number of ether oxygens (including phenoxy) is 2. The van der Waals surface area contributed by atoms with Crippen LogP contribution in [0.1, 0.15) is 79.4 Å². The number of hydrogen-bond acceptors (Lipinski definition) is 6. The molecule has 4 atom stereocenters. The SMILES string of the molecule is CC(C)c1ccc(Cc2cc([C@@H]3O[C@H](CO)C[C@H](O)[C@H]3O)cc(OC3CCC3)c2C#N)cc1.O. The maximum absolute atomic E-state index is 10.7. The predicted molar refractivity (Wildman–Crippen MR) is 128 cm³/mol. The molecule has 1 aliphatic heterocycles. The number of benzene rings is 2. The lowest BCUT2D eigenvalue weighted by molar-refractivity contribution is -0.179. The zero-order chi connectivity index (χ0) is 23.5. The summed E-state index contributed by atoms with van der Waals surface area (Å²) in [4.78, 5) is 0. The first-order valence-corrected chi connectivity index (χ1v) is 11.8. The van der Waals surface area contributed by atoms with Gasteiger partial charge in [-0.25, -0.2) is 0 Å². The molecule has 34 heavy (non-hydrogen) atoms. The third-order valence-corrected chi connectivity index (χ3v) is 6.78. The second-order valence-corrected chi connectivity index (χ2v) is 9.56. The summed E-state index contributed by atoms with van der Waals surface area (Å²) in [6.07, 6.45) is 0.292. The standard InChI is InChI=1S/C27H33NO5.H2O/c1-16(2)18-8-6-17(7-9-18)10-19-11-20(27-26(31)24(30)13-22(15-29)33-27)12-25(23(19)14-28)32-21-4-3-5-21;/h6-9,11-12,16,21-22,24,26-27,29-31H,3-5,10,13,15H2,1-2H3;1H2/t22-,24-,26+,27-;/m0./s1. The smallest absolute Gasteiger partial charge is 0.138 e. The predicted octanol–water partition coefficient (Wildman–Crippen LogP) is 2.92. The first kappa shape index (κ1) is 26.1. The van der Waals surface area contributed by atoms with Crippen LogP contribution in [0, 0.1) is 11.3 Å². The first-order valence-electron chi connectivity index (χ1n) is 11.8. The summed E-state index contributed by atoms with van der Waals surface area (Å²) in [5.41, 5.74) is 4.24. The number of aliphatic hydroxyl groups excluding tert-OH is 3. The monoisotopic (exact) mass is 469 g/mol. The molecule has 1 heterocycles. The molecule has 0 radical (unpaired) electrons. The van der Waals surface area contributed by atoms with E-state index < -0.39 is 24.4 Å². The fraction of sp³-hybridized carbons (Fsp3) is 0.519. The van der Waals surface area contributed by atoms with Gasteiger partial charge >= 0.3 is 0 Å². The van der Waals surface area contributed by atoms with E-state index in [4.69, 9.17) is 9.47 Å². The summed E-state index contributed by atoms with van der Waals surface area (Å²) < 4.78 is 12.1. The second kappa shape index (κ2) is 11.3. The van der Waals surface area contributed by atoms with Gasteiger partial charge in [0.1, 0.15) is 24.0 Å². The fourth-order valence-electron chi connectivity index (χ4n) is 4.48. The third-order valence-electron chi connectivity index (χ3n) is 6.78. The molecule has 0 bridgehead atoms. The van der Waals surface area contributed by atoms with E-state index in [2.05, 4.69) is 44.2 Å². The Morgan fingerprint density at radius 1 is 1.15 bits per heavy atom. The molecule has 1 aliphatic carbocycles. The highest BCUT2D eigenvalue weighted by molar-refractivity contribution is 5.53. The van der Waals surface area contributed by atoms with E-state index in [1.807, 2.05) is 6.07 Å². The minimum atomic E-state index is -1.13. The van der Waals surface area contributed by atoms with Gasteiger partial charge in [-0.1, -0.05) is 44.2 Å². The molecule has 4 rings (SSSR count). The molecule has 0 amide bonds. The molecular formula is C27H35NO6. The van der Waals surface area contributed by atoms with Crippen molar-refractivity contribution in [2.24, 2.45) is 0 Å². The van der Waals surface area contributed by atoms with Crippen molar-refractivity contribution in [3.05, 3.63) is 64.2 Å².